The van der Waals surface area contributed by atoms with E-state index < -0.39 is 17.7 Å². The van der Waals surface area contributed by atoms with E-state index in [1.807, 2.05) is 13.0 Å². The van der Waals surface area contributed by atoms with E-state index in [-0.39, 0.29) is 24.6 Å². The third-order valence-electron chi connectivity index (χ3n) is 5.22. The molecule has 0 saturated heterocycles. The van der Waals surface area contributed by atoms with Crippen molar-refractivity contribution in [1.29, 1.82) is 0 Å². The Bertz CT molecular complexity index is 1230. The van der Waals surface area contributed by atoms with Gasteiger partial charge in [-0.2, -0.15) is 0 Å². The zero-order valence-corrected chi connectivity index (χ0v) is 20.2. The van der Waals surface area contributed by atoms with Gasteiger partial charge >= 0.3 is 0 Å². The van der Waals surface area contributed by atoms with Crippen LogP contribution in [0.4, 0.5) is 17.3 Å². The summed E-state index contributed by atoms with van der Waals surface area (Å²) >= 11 is 0. The molecular formula is C25H27N7O4. The minimum absolute atomic E-state index is 0.240. The molecule has 0 unspecified atom stereocenters. The Morgan fingerprint density at radius 2 is 1.42 bits per heavy atom. The Kier molecular flexibility index (Phi) is 8.65. The van der Waals surface area contributed by atoms with Crippen LogP contribution in [0.25, 0.3) is 0 Å². The van der Waals surface area contributed by atoms with Crippen LogP contribution in [0.1, 0.15) is 26.3 Å². The minimum atomic E-state index is -0.508. The third-order valence-corrected chi connectivity index (χ3v) is 5.22. The molecule has 3 rings (SSSR count). The summed E-state index contributed by atoms with van der Waals surface area (Å²) in [6, 6.07) is 13.1. The number of carbonyl (C=O) groups excluding carboxylic acids is 4. The lowest BCUT2D eigenvalue weighted by Gasteiger charge is -2.21. The second-order valence-electron chi connectivity index (χ2n) is 7.77. The number of hydrogen-bond donors (Lipinski definition) is 4. The highest BCUT2D eigenvalue weighted by atomic mass is 16.2. The van der Waals surface area contributed by atoms with Gasteiger partial charge in [-0.25, -0.2) is 9.97 Å². The second-order valence-corrected chi connectivity index (χ2v) is 7.77. The van der Waals surface area contributed by atoms with Crippen molar-refractivity contribution in [3.8, 4) is 0 Å². The average molecular weight is 490 g/mol. The summed E-state index contributed by atoms with van der Waals surface area (Å²) in [5, 5.41) is 10.8. The molecule has 0 saturated carbocycles. The van der Waals surface area contributed by atoms with Crippen molar-refractivity contribution >= 4 is 41.0 Å². The number of carbonyl (C=O) groups is 4. The van der Waals surface area contributed by atoms with Gasteiger partial charge in [0.05, 0.1) is 0 Å². The van der Waals surface area contributed by atoms with E-state index in [4.69, 9.17) is 0 Å². The molecular weight excluding hydrogens is 462 g/mol. The van der Waals surface area contributed by atoms with Gasteiger partial charge < -0.3 is 26.2 Å². The van der Waals surface area contributed by atoms with E-state index in [1.165, 1.54) is 38.4 Å². The quantitative estimate of drug-likeness (QED) is 0.358. The summed E-state index contributed by atoms with van der Waals surface area (Å²) in [4.78, 5) is 58.7. The van der Waals surface area contributed by atoms with Crippen LogP contribution in [0.3, 0.4) is 0 Å². The maximum atomic E-state index is 12.9. The molecule has 0 spiro atoms. The summed E-state index contributed by atoms with van der Waals surface area (Å²) in [5.41, 5.74) is 2.82. The highest BCUT2D eigenvalue weighted by Gasteiger charge is 2.21. The summed E-state index contributed by atoms with van der Waals surface area (Å²) in [6.45, 7) is 1.37. The Labute approximate surface area is 208 Å². The van der Waals surface area contributed by atoms with Crippen LogP contribution in [0.15, 0.2) is 60.9 Å². The molecule has 4 N–H and O–H groups in total. The van der Waals surface area contributed by atoms with Gasteiger partial charge in [0.1, 0.15) is 13.1 Å². The summed E-state index contributed by atoms with van der Waals surface area (Å²) in [7, 11) is 2.89. The van der Waals surface area contributed by atoms with Gasteiger partial charge in [-0.05, 0) is 55.0 Å². The van der Waals surface area contributed by atoms with Crippen LogP contribution in [0.5, 0.6) is 0 Å². The number of nitrogens with one attached hydrogen (secondary N) is 4. The minimum Gasteiger partial charge on any atom is -0.358 e. The Morgan fingerprint density at radius 3 is 2.00 bits per heavy atom. The maximum Gasteiger partial charge on any atom is 0.255 e. The first-order valence-electron chi connectivity index (χ1n) is 11.1. The predicted molar refractivity (Wildman–Crippen MR) is 135 cm³/mol. The summed E-state index contributed by atoms with van der Waals surface area (Å²) in [6.07, 6.45) is 3.25. The number of aromatic nitrogens is 2. The molecule has 186 valence electrons. The third kappa shape index (κ3) is 6.86. The SMILES string of the molecule is CNC(=O)CN(CC(=O)NC)C(=O)c1ccc(C(=O)Nc2ccc(C)c(Nc3ncccn3)c2)cc1. The number of benzene rings is 2. The Hall–Kier alpha value is -4.80. The van der Waals surface area contributed by atoms with Gasteiger partial charge in [-0.15, -0.1) is 0 Å². The predicted octanol–water partition coefficient (Wildman–Crippen LogP) is 1.72. The fourth-order valence-electron chi connectivity index (χ4n) is 3.17. The van der Waals surface area contributed by atoms with Crippen LogP contribution < -0.4 is 21.3 Å². The van der Waals surface area contributed by atoms with Crippen LogP contribution in [-0.2, 0) is 9.59 Å². The lowest BCUT2D eigenvalue weighted by molar-refractivity contribution is -0.123. The Morgan fingerprint density at radius 1 is 0.833 bits per heavy atom. The number of anilines is 3. The molecule has 0 atom stereocenters. The first kappa shape index (κ1) is 25.8. The van der Waals surface area contributed by atoms with Gasteiger partial charge in [0, 0.05) is 49.0 Å². The number of likely N-dealkylation sites (N-methyl/N-ethyl adjacent to an activating group) is 2. The van der Waals surface area contributed by atoms with E-state index in [0.717, 1.165) is 16.2 Å². The van der Waals surface area contributed by atoms with Crippen molar-refractivity contribution in [2.75, 3.05) is 37.8 Å². The van der Waals surface area contributed by atoms with Gasteiger partial charge in [0.15, 0.2) is 0 Å². The van der Waals surface area contributed by atoms with E-state index in [2.05, 4.69) is 31.2 Å². The lowest BCUT2D eigenvalue weighted by atomic mass is 10.1. The molecule has 11 nitrogen and oxygen atoms in total. The second kappa shape index (κ2) is 12.1. The first-order chi connectivity index (χ1) is 17.3. The normalized spacial score (nSPS) is 10.2. The molecule has 1 aromatic heterocycles. The number of aryl methyl sites for hydroxylation is 1. The lowest BCUT2D eigenvalue weighted by Crippen LogP contribution is -2.44. The first-order valence-corrected chi connectivity index (χ1v) is 11.1. The standard InChI is InChI=1S/C25H27N7O4/c1-16-5-10-19(13-20(16)31-25-28-11-4-12-29-25)30-23(35)17-6-8-18(9-7-17)24(36)32(14-21(33)26-2)15-22(34)27-3/h4-13H,14-15H2,1-3H3,(H,26,33)(H,27,34)(H,30,35)(H,28,29,31). The van der Waals surface area contributed by atoms with Gasteiger partial charge in [-0.3, -0.25) is 19.2 Å². The molecule has 11 heteroatoms. The topological polar surface area (TPSA) is 145 Å². The van der Waals surface area contributed by atoms with E-state index in [9.17, 15) is 19.2 Å². The molecule has 4 amide bonds. The molecule has 36 heavy (non-hydrogen) atoms. The van der Waals surface area contributed by atoms with Crippen LogP contribution >= 0.6 is 0 Å². The molecule has 1 heterocycles. The van der Waals surface area contributed by atoms with E-state index >= 15 is 0 Å². The number of rotatable bonds is 9. The molecule has 0 aliphatic carbocycles. The number of hydrogen-bond acceptors (Lipinski definition) is 7. The average Bonchev–Trinajstić information content (AvgIpc) is 2.90. The fraction of sp³-hybridized carbons (Fsp3) is 0.200. The van der Waals surface area contributed by atoms with Crippen LogP contribution in [0, 0.1) is 6.92 Å². The van der Waals surface area contributed by atoms with E-state index in [1.54, 1.807) is 30.6 Å². The highest BCUT2D eigenvalue weighted by Crippen LogP contribution is 2.23. The fourth-order valence-corrected chi connectivity index (χ4v) is 3.17. The van der Waals surface area contributed by atoms with Gasteiger partial charge in [0.25, 0.3) is 11.8 Å². The molecule has 0 fully saturated rings. The summed E-state index contributed by atoms with van der Waals surface area (Å²) in [5.74, 6) is -1.26. The van der Waals surface area contributed by atoms with Crippen molar-refractivity contribution in [1.82, 2.24) is 25.5 Å². The van der Waals surface area contributed by atoms with Crippen molar-refractivity contribution in [2.24, 2.45) is 0 Å². The monoisotopic (exact) mass is 489 g/mol. The van der Waals surface area contributed by atoms with E-state index in [0.29, 0.717) is 17.2 Å². The molecule has 0 radical (unpaired) electrons. The molecule has 0 aliphatic heterocycles. The van der Waals surface area contributed by atoms with Gasteiger partial charge in [-0.1, -0.05) is 6.07 Å². The number of amides is 4. The van der Waals surface area contributed by atoms with Crippen molar-refractivity contribution in [3.63, 3.8) is 0 Å². The smallest absolute Gasteiger partial charge is 0.255 e. The van der Waals surface area contributed by atoms with Crippen LogP contribution in [-0.4, -0.2) is 65.7 Å². The highest BCUT2D eigenvalue weighted by molar-refractivity contribution is 6.05. The largest absolute Gasteiger partial charge is 0.358 e. The number of nitrogens with zero attached hydrogens (tertiary/aromatic N) is 3. The molecule has 0 aliphatic rings. The molecule has 2 aromatic carbocycles. The Balaban J connectivity index is 1.71. The maximum absolute atomic E-state index is 12.9. The zero-order chi connectivity index (χ0) is 26.1. The van der Waals surface area contributed by atoms with Crippen molar-refractivity contribution in [3.05, 3.63) is 77.6 Å². The van der Waals surface area contributed by atoms with Crippen molar-refractivity contribution in [2.45, 2.75) is 6.92 Å². The summed E-state index contributed by atoms with van der Waals surface area (Å²) < 4.78 is 0. The zero-order valence-electron chi connectivity index (χ0n) is 20.2. The van der Waals surface area contributed by atoms with Gasteiger partial charge in [0.2, 0.25) is 17.8 Å². The molecule has 0 bridgehead atoms. The van der Waals surface area contributed by atoms with Crippen LogP contribution in [0.2, 0.25) is 0 Å². The molecule has 3 aromatic rings. The van der Waals surface area contributed by atoms with Crippen molar-refractivity contribution < 1.29 is 19.2 Å².